The maximum absolute atomic E-state index is 12.1. The standard InChI is InChI=1S/C9H8Br2O3S2/c10-6-3-15-9(7(6)11)8(12)5-1-2-16(13,14)4-5/h3,5H,1-2,4H2. The van der Waals surface area contributed by atoms with E-state index in [1.807, 2.05) is 5.38 Å². The van der Waals surface area contributed by atoms with Crippen LogP contribution in [0.1, 0.15) is 16.1 Å². The minimum atomic E-state index is -3.00. The van der Waals surface area contributed by atoms with Crippen molar-refractivity contribution in [3.8, 4) is 0 Å². The van der Waals surface area contributed by atoms with Crippen LogP contribution in [0.25, 0.3) is 0 Å². The third kappa shape index (κ3) is 2.42. The van der Waals surface area contributed by atoms with E-state index in [0.29, 0.717) is 11.3 Å². The molecule has 1 aromatic heterocycles. The van der Waals surface area contributed by atoms with Gasteiger partial charge in [-0.15, -0.1) is 11.3 Å². The van der Waals surface area contributed by atoms with Crippen LogP contribution in [0.4, 0.5) is 0 Å². The van der Waals surface area contributed by atoms with Gasteiger partial charge >= 0.3 is 0 Å². The zero-order valence-electron chi connectivity index (χ0n) is 8.07. The Morgan fingerprint density at radius 2 is 2.12 bits per heavy atom. The molecule has 1 saturated heterocycles. The van der Waals surface area contributed by atoms with E-state index in [4.69, 9.17) is 0 Å². The van der Waals surface area contributed by atoms with Gasteiger partial charge < -0.3 is 0 Å². The third-order valence-corrected chi connectivity index (χ3v) is 7.83. The molecule has 1 fully saturated rings. The van der Waals surface area contributed by atoms with Gasteiger partial charge in [0.05, 0.1) is 20.9 Å². The quantitative estimate of drug-likeness (QED) is 0.733. The number of ketones is 1. The summed E-state index contributed by atoms with van der Waals surface area (Å²) in [6.07, 6.45) is 0.448. The van der Waals surface area contributed by atoms with Crippen LogP contribution in [-0.4, -0.2) is 25.7 Å². The highest BCUT2D eigenvalue weighted by atomic mass is 79.9. The van der Waals surface area contributed by atoms with Crippen molar-refractivity contribution in [1.82, 2.24) is 0 Å². The molecule has 88 valence electrons. The number of carbonyl (C=O) groups excluding carboxylic acids is 1. The van der Waals surface area contributed by atoms with Crippen molar-refractivity contribution in [2.24, 2.45) is 5.92 Å². The Balaban J connectivity index is 2.24. The zero-order valence-corrected chi connectivity index (χ0v) is 12.9. The van der Waals surface area contributed by atoms with Gasteiger partial charge in [-0.2, -0.15) is 0 Å². The molecule has 0 N–H and O–H groups in total. The fourth-order valence-corrected chi connectivity index (χ4v) is 5.60. The Bertz CT molecular complexity index is 533. The third-order valence-electron chi connectivity index (χ3n) is 2.52. The molecule has 0 amide bonds. The average molecular weight is 388 g/mol. The molecule has 1 unspecified atom stereocenters. The summed E-state index contributed by atoms with van der Waals surface area (Å²) in [7, 11) is -3.00. The lowest BCUT2D eigenvalue weighted by Gasteiger charge is -2.04. The average Bonchev–Trinajstić information content (AvgIpc) is 2.71. The van der Waals surface area contributed by atoms with Crippen molar-refractivity contribution in [1.29, 1.82) is 0 Å². The second-order valence-corrected chi connectivity index (χ2v) is 8.45. The molecule has 0 aliphatic carbocycles. The maximum Gasteiger partial charge on any atom is 0.178 e. The molecule has 7 heteroatoms. The summed E-state index contributed by atoms with van der Waals surface area (Å²) in [5.74, 6) is -0.308. The van der Waals surface area contributed by atoms with E-state index in [0.717, 1.165) is 8.95 Å². The minimum Gasteiger partial charge on any atom is -0.293 e. The van der Waals surface area contributed by atoms with Gasteiger partial charge in [-0.1, -0.05) is 0 Å². The predicted octanol–water partition coefficient (Wildman–Crippen LogP) is 2.89. The smallest absolute Gasteiger partial charge is 0.178 e. The minimum absolute atomic E-state index is 0.00616. The van der Waals surface area contributed by atoms with E-state index in [1.54, 1.807) is 0 Å². The number of hydrogen-bond donors (Lipinski definition) is 0. The SMILES string of the molecule is O=C(c1scc(Br)c1Br)C1CCS(=O)(=O)C1. The highest BCUT2D eigenvalue weighted by molar-refractivity contribution is 9.13. The second kappa shape index (κ2) is 4.51. The molecule has 1 aromatic rings. The summed E-state index contributed by atoms with van der Waals surface area (Å²) >= 11 is 7.96. The van der Waals surface area contributed by atoms with Crippen LogP contribution in [0.3, 0.4) is 0 Å². The second-order valence-electron chi connectivity index (χ2n) is 3.69. The molecule has 0 radical (unpaired) electrons. The predicted molar refractivity (Wildman–Crippen MR) is 70.8 cm³/mol. The van der Waals surface area contributed by atoms with Gasteiger partial charge in [0, 0.05) is 15.8 Å². The van der Waals surface area contributed by atoms with E-state index in [9.17, 15) is 13.2 Å². The van der Waals surface area contributed by atoms with Crippen molar-refractivity contribution in [2.45, 2.75) is 6.42 Å². The number of rotatable bonds is 2. The largest absolute Gasteiger partial charge is 0.293 e. The van der Waals surface area contributed by atoms with E-state index in [1.165, 1.54) is 11.3 Å². The van der Waals surface area contributed by atoms with Crippen LogP contribution in [-0.2, 0) is 9.84 Å². The van der Waals surface area contributed by atoms with Gasteiger partial charge in [0.1, 0.15) is 0 Å². The van der Waals surface area contributed by atoms with Crippen LogP contribution in [0, 0.1) is 5.92 Å². The van der Waals surface area contributed by atoms with E-state index < -0.39 is 9.84 Å². The summed E-state index contributed by atoms with van der Waals surface area (Å²) in [6, 6.07) is 0. The lowest BCUT2D eigenvalue weighted by Crippen LogP contribution is -2.15. The first-order chi connectivity index (χ1) is 7.41. The van der Waals surface area contributed by atoms with Gasteiger partial charge in [-0.25, -0.2) is 8.42 Å². The van der Waals surface area contributed by atoms with Gasteiger partial charge in [-0.3, -0.25) is 4.79 Å². The summed E-state index contributed by atoms with van der Waals surface area (Å²) in [4.78, 5) is 12.7. The van der Waals surface area contributed by atoms with Gasteiger partial charge in [-0.05, 0) is 38.3 Å². The number of halogens is 2. The van der Waals surface area contributed by atoms with Crippen LogP contribution >= 0.6 is 43.2 Å². The fraction of sp³-hybridized carbons (Fsp3) is 0.444. The molecule has 1 aliphatic rings. The summed E-state index contributed by atoms with van der Waals surface area (Å²) in [5.41, 5.74) is 0. The lowest BCUT2D eigenvalue weighted by atomic mass is 10.0. The van der Waals surface area contributed by atoms with Crippen molar-refractivity contribution in [3.63, 3.8) is 0 Å². The van der Waals surface area contributed by atoms with Gasteiger partial charge in [0.2, 0.25) is 0 Å². The summed E-state index contributed by atoms with van der Waals surface area (Å²) < 4.78 is 24.2. The first kappa shape index (κ1) is 12.7. The van der Waals surface area contributed by atoms with Crippen molar-refractivity contribution < 1.29 is 13.2 Å². The molecule has 2 heterocycles. The van der Waals surface area contributed by atoms with Crippen LogP contribution in [0.5, 0.6) is 0 Å². The first-order valence-corrected chi connectivity index (χ1v) is 8.86. The van der Waals surface area contributed by atoms with E-state index in [-0.39, 0.29) is 23.2 Å². The molecule has 0 spiro atoms. The number of carbonyl (C=O) groups is 1. The first-order valence-electron chi connectivity index (χ1n) is 4.58. The van der Waals surface area contributed by atoms with Crippen LogP contribution < -0.4 is 0 Å². The molecular weight excluding hydrogens is 380 g/mol. The monoisotopic (exact) mass is 386 g/mol. The molecule has 0 bridgehead atoms. The zero-order chi connectivity index (χ0) is 11.9. The molecule has 1 atom stereocenters. The molecule has 0 saturated carbocycles. The maximum atomic E-state index is 12.1. The van der Waals surface area contributed by atoms with Crippen molar-refractivity contribution >= 4 is 58.8 Å². The molecule has 16 heavy (non-hydrogen) atoms. The summed E-state index contributed by atoms with van der Waals surface area (Å²) in [5, 5.41) is 1.82. The van der Waals surface area contributed by atoms with Crippen molar-refractivity contribution in [2.75, 3.05) is 11.5 Å². The molecule has 1 aliphatic heterocycles. The number of sulfone groups is 1. The number of thiophene rings is 1. The topological polar surface area (TPSA) is 51.2 Å². The lowest BCUT2D eigenvalue weighted by molar-refractivity contribution is 0.0936. The number of hydrogen-bond acceptors (Lipinski definition) is 4. The molecule has 3 nitrogen and oxygen atoms in total. The molecule has 2 rings (SSSR count). The number of Topliss-reactive ketones (excluding diaryl/α,β-unsaturated/α-hetero) is 1. The van der Waals surface area contributed by atoms with E-state index >= 15 is 0 Å². The van der Waals surface area contributed by atoms with E-state index in [2.05, 4.69) is 31.9 Å². The van der Waals surface area contributed by atoms with Gasteiger partial charge in [0.25, 0.3) is 0 Å². The Labute approximate surface area is 114 Å². The van der Waals surface area contributed by atoms with Crippen LogP contribution in [0.2, 0.25) is 0 Å². The normalized spacial score (nSPS) is 23.5. The Morgan fingerprint density at radius 1 is 1.44 bits per heavy atom. The fourth-order valence-electron chi connectivity index (χ4n) is 1.68. The Morgan fingerprint density at radius 3 is 2.56 bits per heavy atom. The highest BCUT2D eigenvalue weighted by Gasteiger charge is 2.34. The molecular formula is C9H8Br2O3S2. The highest BCUT2D eigenvalue weighted by Crippen LogP contribution is 2.35. The Kier molecular flexibility index (Phi) is 3.59. The van der Waals surface area contributed by atoms with Crippen molar-refractivity contribution in [3.05, 3.63) is 19.2 Å². The Hall–Kier alpha value is 0.280. The summed E-state index contributed by atoms with van der Waals surface area (Å²) in [6.45, 7) is 0. The molecule has 0 aromatic carbocycles. The van der Waals surface area contributed by atoms with Gasteiger partial charge in [0.15, 0.2) is 15.6 Å². The van der Waals surface area contributed by atoms with Crippen LogP contribution in [0.15, 0.2) is 14.3 Å².